The van der Waals surface area contributed by atoms with Crippen molar-refractivity contribution in [2.75, 3.05) is 6.54 Å². The first-order valence-corrected chi connectivity index (χ1v) is 9.46. The number of hydrogen-bond acceptors (Lipinski definition) is 3. The third kappa shape index (κ3) is 2.10. The zero-order valence-electron chi connectivity index (χ0n) is 14.2. The number of nitrogens with zero attached hydrogens (tertiary/aromatic N) is 1. The minimum atomic E-state index is 0.309. The lowest BCUT2D eigenvalue weighted by Crippen LogP contribution is -2.58. The van der Waals surface area contributed by atoms with Gasteiger partial charge in [0.2, 0.25) is 0 Å². The topological polar surface area (TPSA) is 33.5 Å². The standard InChI is InChI=1S/C21H25NO2/c23-16-7-6-15-12-20-18-5-1-2-8-21(18,19(15)13-16)9-10-22(20)14-17-4-3-11-24-17/h3-4,6-7,11,18,20H,1-2,5,8-10,12-14H2/t18-,20+,21+/m0/s1. The zero-order chi connectivity index (χ0) is 16.1. The maximum absolute atomic E-state index is 12.1. The summed E-state index contributed by atoms with van der Waals surface area (Å²) in [6.07, 6.45) is 14.1. The Morgan fingerprint density at radius 3 is 3.08 bits per heavy atom. The number of rotatable bonds is 2. The smallest absolute Gasteiger partial charge is 0.159 e. The molecule has 3 aliphatic carbocycles. The van der Waals surface area contributed by atoms with Crippen molar-refractivity contribution in [1.82, 2.24) is 4.90 Å². The van der Waals surface area contributed by atoms with E-state index in [0.29, 0.717) is 23.7 Å². The summed E-state index contributed by atoms with van der Waals surface area (Å²) in [6.45, 7) is 2.06. The van der Waals surface area contributed by atoms with Crippen LogP contribution in [0.5, 0.6) is 0 Å². The van der Waals surface area contributed by atoms with Gasteiger partial charge in [0.1, 0.15) is 5.76 Å². The number of allylic oxidation sites excluding steroid dienone is 3. The molecule has 2 fully saturated rings. The van der Waals surface area contributed by atoms with Crippen LogP contribution in [-0.2, 0) is 11.3 Å². The Bertz CT molecular complexity index is 714. The van der Waals surface area contributed by atoms with E-state index in [0.717, 1.165) is 31.2 Å². The van der Waals surface area contributed by atoms with Crippen molar-refractivity contribution in [2.45, 2.75) is 57.5 Å². The molecule has 0 radical (unpaired) electrons. The van der Waals surface area contributed by atoms with E-state index in [1.54, 1.807) is 6.26 Å². The van der Waals surface area contributed by atoms with Gasteiger partial charge in [0.25, 0.3) is 0 Å². The van der Waals surface area contributed by atoms with Gasteiger partial charge in [0, 0.05) is 12.5 Å². The van der Waals surface area contributed by atoms with Gasteiger partial charge >= 0.3 is 0 Å². The van der Waals surface area contributed by atoms with Crippen LogP contribution in [0.25, 0.3) is 0 Å². The van der Waals surface area contributed by atoms with Crippen molar-refractivity contribution in [3.63, 3.8) is 0 Å². The highest BCUT2D eigenvalue weighted by atomic mass is 16.3. The normalized spacial score (nSPS) is 35.8. The van der Waals surface area contributed by atoms with Gasteiger partial charge in [-0.25, -0.2) is 0 Å². The summed E-state index contributed by atoms with van der Waals surface area (Å²) in [7, 11) is 0. The molecule has 5 rings (SSSR count). The fourth-order valence-corrected chi connectivity index (χ4v) is 6.05. The summed E-state index contributed by atoms with van der Waals surface area (Å²) >= 11 is 0. The molecule has 4 aliphatic rings. The number of furan rings is 1. The summed E-state index contributed by atoms with van der Waals surface area (Å²) < 4.78 is 5.62. The molecule has 0 spiro atoms. The van der Waals surface area contributed by atoms with Gasteiger partial charge in [-0.15, -0.1) is 0 Å². The van der Waals surface area contributed by atoms with E-state index >= 15 is 0 Å². The third-order valence-corrected chi connectivity index (χ3v) is 7.05. The van der Waals surface area contributed by atoms with Crippen molar-refractivity contribution in [2.24, 2.45) is 11.3 Å². The molecule has 2 bridgehead atoms. The van der Waals surface area contributed by atoms with Crippen molar-refractivity contribution in [3.8, 4) is 0 Å². The molecular weight excluding hydrogens is 298 g/mol. The Kier molecular flexibility index (Phi) is 3.34. The van der Waals surface area contributed by atoms with E-state index in [4.69, 9.17) is 4.42 Å². The van der Waals surface area contributed by atoms with Gasteiger partial charge < -0.3 is 4.42 Å². The van der Waals surface area contributed by atoms with E-state index < -0.39 is 0 Å². The predicted molar refractivity (Wildman–Crippen MR) is 92.3 cm³/mol. The maximum Gasteiger partial charge on any atom is 0.159 e. The molecule has 2 heterocycles. The zero-order valence-corrected chi connectivity index (χ0v) is 14.2. The Morgan fingerprint density at radius 1 is 1.25 bits per heavy atom. The first-order valence-electron chi connectivity index (χ1n) is 9.46. The Balaban J connectivity index is 1.53. The lowest BCUT2D eigenvalue weighted by molar-refractivity contribution is -0.115. The quantitative estimate of drug-likeness (QED) is 0.815. The second kappa shape index (κ2) is 5.45. The maximum atomic E-state index is 12.1. The molecule has 3 nitrogen and oxygen atoms in total. The van der Waals surface area contributed by atoms with E-state index in [9.17, 15) is 4.79 Å². The summed E-state index contributed by atoms with van der Waals surface area (Å²) in [5, 5.41) is 0. The summed E-state index contributed by atoms with van der Waals surface area (Å²) in [4.78, 5) is 14.7. The predicted octanol–water partition coefficient (Wildman–Crippen LogP) is 4.26. The van der Waals surface area contributed by atoms with E-state index in [-0.39, 0.29) is 0 Å². The van der Waals surface area contributed by atoms with Gasteiger partial charge in [0.15, 0.2) is 5.78 Å². The lowest BCUT2D eigenvalue weighted by atomic mass is 9.51. The molecule has 0 N–H and O–H groups in total. The number of likely N-dealkylation sites (tertiary alicyclic amines) is 1. The molecule has 1 aromatic rings. The highest BCUT2D eigenvalue weighted by Crippen LogP contribution is 2.60. The average molecular weight is 323 g/mol. The van der Waals surface area contributed by atoms with Gasteiger partial charge in [-0.05, 0) is 67.3 Å². The van der Waals surface area contributed by atoms with Gasteiger partial charge in [-0.3, -0.25) is 9.69 Å². The first-order chi connectivity index (χ1) is 11.8. The van der Waals surface area contributed by atoms with Crippen LogP contribution in [0.2, 0.25) is 0 Å². The van der Waals surface area contributed by atoms with Crippen LogP contribution in [0.15, 0.2) is 46.1 Å². The van der Waals surface area contributed by atoms with Crippen molar-refractivity contribution in [1.29, 1.82) is 0 Å². The van der Waals surface area contributed by atoms with Gasteiger partial charge in [0.05, 0.1) is 12.8 Å². The van der Waals surface area contributed by atoms with E-state index in [1.807, 2.05) is 12.1 Å². The SMILES string of the molecule is O=C1C=CC2=C(C1)[C@@]13CCCC[C@H]1[C@@H](C2)N(Cc1ccco1)CC3. The van der Waals surface area contributed by atoms with E-state index in [1.165, 1.54) is 43.3 Å². The van der Waals surface area contributed by atoms with Crippen LogP contribution >= 0.6 is 0 Å². The minimum Gasteiger partial charge on any atom is -0.468 e. The fourth-order valence-electron chi connectivity index (χ4n) is 6.05. The largest absolute Gasteiger partial charge is 0.468 e. The molecule has 0 amide bonds. The monoisotopic (exact) mass is 323 g/mol. The van der Waals surface area contributed by atoms with Crippen LogP contribution < -0.4 is 0 Å². The van der Waals surface area contributed by atoms with Crippen molar-refractivity contribution < 1.29 is 9.21 Å². The summed E-state index contributed by atoms with van der Waals surface area (Å²) in [5.41, 5.74) is 3.31. The van der Waals surface area contributed by atoms with Gasteiger partial charge in [-0.2, -0.15) is 0 Å². The molecule has 0 aromatic carbocycles. The summed E-state index contributed by atoms with van der Waals surface area (Å²) in [5.74, 6) is 2.12. The molecule has 24 heavy (non-hydrogen) atoms. The fraction of sp³-hybridized carbons (Fsp3) is 0.571. The molecular formula is C21H25NO2. The van der Waals surface area contributed by atoms with Crippen LogP contribution in [-0.4, -0.2) is 23.3 Å². The highest BCUT2D eigenvalue weighted by molar-refractivity contribution is 5.94. The number of ketones is 1. The molecule has 1 aromatic heterocycles. The molecule has 126 valence electrons. The van der Waals surface area contributed by atoms with Crippen LogP contribution in [0.3, 0.4) is 0 Å². The molecule has 1 saturated carbocycles. The Morgan fingerprint density at radius 2 is 2.21 bits per heavy atom. The molecule has 3 heteroatoms. The van der Waals surface area contributed by atoms with Crippen molar-refractivity contribution >= 4 is 5.78 Å². The van der Waals surface area contributed by atoms with Crippen LogP contribution in [0.4, 0.5) is 0 Å². The molecule has 0 unspecified atom stereocenters. The van der Waals surface area contributed by atoms with Crippen LogP contribution in [0, 0.1) is 11.3 Å². The second-order valence-electron chi connectivity index (χ2n) is 8.06. The third-order valence-electron chi connectivity index (χ3n) is 7.05. The average Bonchev–Trinajstić information content (AvgIpc) is 3.11. The molecule has 1 saturated heterocycles. The number of carbonyl (C=O) groups excluding carboxylic acids is 1. The second-order valence-corrected chi connectivity index (χ2v) is 8.06. The molecule has 1 aliphatic heterocycles. The Labute approximate surface area is 143 Å². The minimum absolute atomic E-state index is 0.309. The Hall–Kier alpha value is -1.61. The number of piperidine rings is 1. The number of hydrogen-bond donors (Lipinski definition) is 0. The highest BCUT2D eigenvalue weighted by Gasteiger charge is 2.54. The number of carbonyl (C=O) groups is 1. The van der Waals surface area contributed by atoms with Crippen LogP contribution in [0.1, 0.15) is 50.7 Å². The first kappa shape index (κ1) is 14.7. The summed E-state index contributed by atoms with van der Waals surface area (Å²) in [6, 6.07) is 4.69. The lowest BCUT2D eigenvalue weighted by Gasteiger charge is -2.60. The molecule has 3 atom stereocenters. The van der Waals surface area contributed by atoms with Crippen molar-refractivity contribution in [3.05, 3.63) is 47.5 Å². The van der Waals surface area contributed by atoms with E-state index in [2.05, 4.69) is 17.0 Å². The van der Waals surface area contributed by atoms with Gasteiger partial charge in [-0.1, -0.05) is 24.5 Å².